The molecule has 0 radical (unpaired) electrons. The molecule has 1 aliphatic rings. The highest BCUT2D eigenvalue weighted by atomic mass is 19.1. The molecular formula is C19H21F2N3O. The number of anilines is 1. The number of carbonyl (C=O) groups excluding carboxylic acids is 1. The molecule has 0 saturated carbocycles. The Kier molecular flexibility index (Phi) is 4.72. The van der Waals surface area contributed by atoms with Crippen molar-refractivity contribution in [2.45, 2.75) is 24.9 Å². The number of nitrogens with zero attached hydrogens (tertiary/aromatic N) is 1. The van der Waals surface area contributed by atoms with Gasteiger partial charge in [-0.3, -0.25) is 4.79 Å². The van der Waals surface area contributed by atoms with Crippen LogP contribution in [-0.2, 0) is 10.3 Å². The van der Waals surface area contributed by atoms with Crippen molar-refractivity contribution in [3.8, 4) is 0 Å². The fraction of sp³-hybridized carbons (Fsp3) is 0.316. The topological polar surface area (TPSA) is 58.4 Å². The summed E-state index contributed by atoms with van der Waals surface area (Å²) in [6, 6.07) is 12.7. The van der Waals surface area contributed by atoms with Crippen molar-refractivity contribution >= 4 is 11.6 Å². The van der Waals surface area contributed by atoms with E-state index in [4.69, 9.17) is 5.73 Å². The minimum Gasteiger partial charge on any atom is -0.365 e. The predicted molar refractivity (Wildman–Crippen MR) is 93.1 cm³/mol. The predicted octanol–water partition coefficient (Wildman–Crippen LogP) is 2.53. The molecule has 6 heteroatoms. The van der Waals surface area contributed by atoms with Crippen molar-refractivity contribution in [2.24, 2.45) is 5.73 Å². The van der Waals surface area contributed by atoms with Crippen molar-refractivity contribution in [3.05, 3.63) is 65.7 Å². The van der Waals surface area contributed by atoms with Gasteiger partial charge in [0.15, 0.2) is 0 Å². The summed E-state index contributed by atoms with van der Waals surface area (Å²) in [6.45, 7) is 2.46. The zero-order valence-electron chi connectivity index (χ0n) is 14.0. The largest absolute Gasteiger partial charge is 0.365 e. The molecule has 0 bridgehead atoms. The smallest absolute Gasteiger partial charge is 0.244 e. The van der Waals surface area contributed by atoms with Crippen molar-refractivity contribution in [1.82, 2.24) is 5.32 Å². The molecule has 132 valence electrons. The van der Waals surface area contributed by atoms with E-state index in [2.05, 4.69) is 5.32 Å². The lowest BCUT2D eigenvalue weighted by Gasteiger charge is -2.26. The van der Waals surface area contributed by atoms with E-state index in [1.54, 1.807) is 24.0 Å². The van der Waals surface area contributed by atoms with E-state index >= 15 is 0 Å². The van der Waals surface area contributed by atoms with Crippen LogP contribution < -0.4 is 16.0 Å². The molecular weight excluding hydrogens is 324 g/mol. The molecule has 0 aromatic heterocycles. The van der Waals surface area contributed by atoms with Gasteiger partial charge in [0.05, 0.1) is 0 Å². The summed E-state index contributed by atoms with van der Waals surface area (Å²) in [5.41, 5.74) is 5.71. The first kappa shape index (κ1) is 17.4. The number of carbonyl (C=O) groups is 1. The number of para-hydroxylation sites is 1. The first-order valence-electron chi connectivity index (χ1n) is 8.24. The average Bonchev–Trinajstić information content (AvgIpc) is 3.03. The van der Waals surface area contributed by atoms with Crippen LogP contribution in [0.15, 0.2) is 48.5 Å². The molecule has 0 aliphatic carbocycles. The average molecular weight is 345 g/mol. The highest BCUT2D eigenvalue weighted by Crippen LogP contribution is 2.27. The lowest BCUT2D eigenvalue weighted by Crippen LogP contribution is -2.52. The normalized spacial score (nSPS) is 19.5. The fourth-order valence-corrected chi connectivity index (χ4v) is 3.12. The van der Waals surface area contributed by atoms with E-state index in [0.29, 0.717) is 25.1 Å². The van der Waals surface area contributed by atoms with E-state index in [1.165, 1.54) is 18.2 Å². The van der Waals surface area contributed by atoms with Crippen LogP contribution >= 0.6 is 0 Å². The maximum atomic E-state index is 13.9. The summed E-state index contributed by atoms with van der Waals surface area (Å²) in [5.74, 6) is -1.50. The Morgan fingerprint density at radius 3 is 2.44 bits per heavy atom. The molecule has 1 amide bonds. The third kappa shape index (κ3) is 3.49. The third-order valence-electron chi connectivity index (χ3n) is 4.62. The lowest BCUT2D eigenvalue weighted by atomic mass is 9.92. The molecule has 4 nitrogen and oxygen atoms in total. The Balaban J connectivity index is 1.68. The lowest BCUT2D eigenvalue weighted by molar-refractivity contribution is -0.126. The van der Waals surface area contributed by atoms with Crippen LogP contribution in [0.4, 0.5) is 14.5 Å². The van der Waals surface area contributed by atoms with Gasteiger partial charge >= 0.3 is 0 Å². The Morgan fingerprint density at radius 1 is 1.16 bits per heavy atom. The zero-order chi connectivity index (χ0) is 18.0. The summed E-state index contributed by atoms with van der Waals surface area (Å²) in [5, 5.41) is 2.91. The molecule has 3 rings (SSSR count). The number of hydrogen-bond acceptors (Lipinski definition) is 3. The van der Waals surface area contributed by atoms with Gasteiger partial charge in [-0.05, 0) is 31.0 Å². The maximum Gasteiger partial charge on any atom is 0.244 e. The van der Waals surface area contributed by atoms with Crippen LogP contribution in [0, 0.1) is 11.6 Å². The highest BCUT2D eigenvalue weighted by Gasteiger charge is 2.34. The van der Waals surface area contributed by atoms with E-state index < -0.39 is 17.2 Å². The molecule has 2 aromatic carbocycles. The Bertz CT molecular complexity index is 744. The number of nitrogens with one attached hydrogen (secondary N) is 1. The van der Waals surface area contributed by atoms with Crippen molar-refractivity contribution in [2.75, 3.05) is 18.0 Å². The standard InChI is InChI=1S/C19H21F2N3O/c1-19(22,13-6-3-2-4-7-13)18(25)23-14-10-11-24(12-14)17-15(20)8-5-9-16(17)21/h2-9,14H,10-12,22H2,1H3,(H,23,25). The molecule has 2 atom stereocenters. The Labute approximate surface area is 145 Å². The molecule has 2 unspecified atom stereocenters. The van der Waals surface area contributed by atoms with Gasteiger partial charge in [0.2, 0.25) is 5.91 Å². The monoisotopic (exact) mass is 345 g/mol. The summed E-state index contributed by atoms with van der Waals surface area (Å²) in [4.78, 5) is 14.2. The first-order chi connectivity index (χ1) is 11.9. The Hall–Kier alpha value is -2.47. The number of nitrogens with two attached hydrogens (primary N) is 1. The number of hydrogen-bond donors (Lipinski definition) is 2. The second-order valence-electron chi connectivity index (χ2n) is 6.54. The number of amides is 1. The van der Waals surface area contributed by atoms with Gasteiger partial charge in [-0.15, -0.1) is 0 Å². The SMILES string of the molecule is CC(N)(C(=O)NC1CCN(c2c(F)cccc2F)C1)c1ccccc1. The number of rotatable bonds is 4. The van der Waals surface area contributed by atoms with Gasteiger partial charge in [-0.1, -0.05) is 36.4 Å². The minimum atomic E-state index is -1.17. The van der Waals surface area contributed by atoms with E-state index in [-0.39, 0.29) is 17.6 Å². The van der Waals surface area contributed by atoms with Gasteiger partial charge in [0, 0.05) is 19.1 Å². The second-order valence-corrected chi connectivity index (χ2v) is 6.54. The Morgan fingerprint density at radius 2 is 1.80 bits per heavy atom. The molecule has 1 saturated heterocycles. The zero-order valence-corrected chi connectivity index (χ0v) is 14.0. The summed E-state index contributed by atoms with van der Waals surface area (Å²) in [6.07, 6.45) is 0.602. The van der Waals surface area contributed by atoms with Gasteiger partial charge < -0.3 is 16.0 Å². The molecule has 25 heavy (non-hydrogen) atoms. The summed E-state index contributed by atoms with van der Waals surface area (Å²) in [7, 11) is 0. The highest BCUT2D eigenvalue weighted by molar-refractivity contribution is 5.87. The second kappa shape index (κ2) is 6.80. The summed E-state index contributed by atoms with van der Waals surface area (Å²) < 4.78 is 27.8. The molecule has 1 aliphatic heterocycles. The van der Waals surface area contributed by atoms with E-state index in [9.17, 15) is 13.6 Å². The fourth-order valence-electron chi connectivity index (χ4n) is 3.12. The van der Waals surface area contributed by atoms with Crippen LogP contribution in [0.5, 0.6) is 0 Å². The molecule has 0 spiro atoms. The quantitative estimate of drug-likeness (QED) is 0.895. The van der Waals surface area contributed by atoms with Gasteiger partial charge in [0.25, 0.3) is 0 Å². The maximum absolute atomic E-state index is 13.9. The first-order valence-corrected chi connectivity index (χ1v) is 8.24. The van der Waals surface area contributed by atoms with Crippen LogP contribution in [0.3, 0.4) is 0 Å². The minimum absolute atomic E-state index is 0.0437. The molecule has 3 N–H and O–H groups in total. The van der Waals surface area contributed by atoms with Crippen LogP contribution in [0.1, 0.15) is 18.9 Å². The summed E-state index contributed by atoms with van der Waals surface area (Å²) >= 11 is 0. The van der Waals surface area contributed by atoms with Crippen LogP contribution in [0.25, 0.3) is 0 Å². The third-order valence-corrected chi connectivity index (χ3v) is 4.62. The van der Waals surface area contributed by atoms with Crippen molar-refractivity contribution in [1.29, 1.82) is 0 Å². The van der Waals surface area contributed by atoms with Crippen molar-refractivity contribution < 1.29 is 13.6 Å². The van der Waals surface area contributed by atoms with E-state index in [1.807, 2.05) is 18.2 Å². The molecule has 1 heterocycles. The molecule has 1 fully saturated rings. The number of halogens is 2. The number of benzene rings is 2. The van der Waals surface area contributed by atoms with Gasteiger partial charge in [-0.25, -0.2) is 8.78 Å². The van der Waals surface area contributed by atoms with E-state index in [0.717, 1.165) is 0 Å². The van der Waals surface area contributed by atoms with Crippen LogP contribution in [-0.4, -0.2) is 25.0 Å². The molecule has 2 aromatic rings. The van der Waals surface area contributed by atoms with Gasteiger partial charge in [-0.2, -0.15) is 0 Å². The van der Waals surface area contributed by atoms with Gasteiger partial charge in [0.1, 0.15) is 22.9 Å². The van der Waals surface area contributed by atoms with Crippen LogP contribution in [0.2, 0.25) is 0 Å². The van der Waals surface area contributed by atoms with Crippen molar-refractivity contribution in [3.63, 3.8) is 0 Å².